The molecule has 2 amide bonds. The van der Waals surface area contributed by atoms with E-state index in [1.54, 1.807) is 0 Å². The van der Waals surface area contributed by atoms with Crippen LogP contribution in [0.1, 0.15) is 29.9 Å². The van der Waals surface area contributed by atoms with E-state index in [9.17, 15) is 27.6 Å². The summed E-state index contributed by atoms with van der Waals surface area (Å²) in [6.07, 6.45) is -4.70. The second kappa shape index (κ2) is 10.4. The first-order valence-corrected chi connectivity index (χ1v) is 10.5. The predicted octanol–water partition coefficient (Wildman–Crippen LogP) is 3.99. The average Bonchev–Trinajstić information content (AvgIpc) is 3.11. The van der Waals surface area contributed by atoms with Gasteiger partial charge in [0.2, 0.25) is 11.9 Å². The molecule has 10 heteroatoms. The van der Waals surface area contributed by atoms with Crippen LogP contribution in [0.5, 0.6) is 0 Å². The number of rotatable bonds is 9. The minimum Gasteiger partial charge on any atom is -0.479 e. The fraction of sp³-hybridized carbons (Fsp3) is 0.292. The van der Waals surface area contributed by atoms with Crippen LogP contribution in [0.2, 0.25) is 0 Å². The Morgan fingerprint density at radius 1 is 1.03 bits per heavy atom. The van der Waals surface area contributed by atoms with Gasteiger partial charge < -0.3 is 20.5 Å². The maximum absolute atomic E-state index is 12.9. The smallest absolute Gasteiger partial charge is 0.419 e. The Labute approximate surface area is 193 Å². The number of halogens is 3. The van der Waals surface area contributed by atoms with Gasteiger partial charge in [0.1, 0.15) is 12.6 Å². The van der Waals surface area contributed by atoms with Crippen molar-refractivity contribution in [1.82, 2.24) is 10.6 Å². The van der Waals surface area contributed by atoms with Crippen LogP contribution >= 0.6 is 0 Å². The molecule has 0 aliphatic heterocycles. The van der Waals surface area contributed by atoms with E-state index in [-0.39, 0.29) is 25.4 Å². The number of carboxylic acid groups (broad SMARTS) is 1. The van der Waals surface area contributed by atoms with Gasteiger partial charge in [0.25, 0.3) is 0 Å². The molecule has 0 saturated heterocycles. The summed E-state index contributed by atoms with van der Waals surface area (Å²) in [7, 11) is 0. The first-order chi connectivity index (χ1) is 16.1. The van der Waals surface area contributed by atoms with Gasteiger partial charge in [-0.3, -0.25) is 4.79 Å². The molecule has 0 fully saturated rings. The Kier molecular flexibility index (Phi) is 7.60. The first-order valence-electron chi connectivity index (χ1n) is 10.5. The number of hydrogen-bond donors (Lipinski definition) is 3. The Bertz CT molecular complexity index is 1040. The number of alkyl halides is 3. The fourth-order valence-corrected chi connectivity index (χ4v) is 3.86. The van der Waals surface area contributed by atoms with Gasteiger partial charge in [-0.1, -0.05) is 54.6 Å². The molecule has 0 heterocycles. The zero-order chi connectivity index (χ0) is 24.9. The summed E-state index contributed by atoms with van der Waals surface area (Å²) < 4.78 is 44.1. The van der Waals surface area contributed by atoms with Crippen molar-refractivity contribution in [3.63, 3.8) is 0 Å². The number of carbonyl (C=O) groups excluding carboxylic acids is 2. The molecule has 7 nitrogen and oxygen atoms in total. The van der Waals surface area contributed by atoms with E-state index in [0.29, 0.717) is 0 Å². The van der Waals surface area contributed by atoms with Crippen LogP contribution in [-0.2, 0) is 14.3 Å². The molecule has 3 rings (SSSR count). The zero-order valence-corrected chi connectivity index (χ0v) is 18.0. The van der Waals surface area contributed by atoms with Gasteiger partial charge in [-0.25, -0.2) is 9.59 Å². The number of allylic oxidation sites excluding steroid dienone is 1. The number of alkyl carbamates (subject to hydrolysis) is 1. The third-order valence-electron chi connectivity index (χ3n) is 5.47. The molecule has 0 spiro atoms. The maximum Gasteiger partial charge on any atom is 0.419 e. The van der Waals surface area contributed by atoms with Gasteiger partial charge in [0.15, 0.2) is 0 Å². The van der Waals surface area contributed by atoms with E-state index in [0.717, 1.165) is 22.3 Å². The highest BCUT2D eigenvalue weighted by molar-refractivity contribution is 5.89. The molecule has 0 bridgehead atoms. The molecule has 2 aromatic carbocycles. The molecule has 2 atom stereocenters. The quantitative estimate of drug-likeness (QED) is 0.475. The number of benzene rings is 2. The monoisotopic (exact) mass is 476 g/mol. The summed E-state index contributed by atoms with van der Waals surface area (Å²) in [5.41, 5.74) is 3.96. The Morgan fingerprint density at radius 2 is 1.59 bits per heavy atom. The number of nitrogens with one attached hydrogen (secondary N) is 2. The number of fused-ring (bicyclic) bond motifs is 3. The molecule has 1 aliphatic rings. The van der Waals surface area contributed by atoms with Crippen molar-refractivity contribution in [1.29, 1.82) is 0 Å². The molecule has 0 radical (unpaired) electrons. The number of carbonyl (C=O) groups is 3. The molecular weight excluding hydrogens is 453 g/mol. The topological polar surface area (TPSA) is 105 Å². The Hall–Kier alpha value is -3.82. The number of hydrogen-bond acceptors (Lipinski definition) is 4. The van der Waals surface area contributed by atoms with Gasteiger partial charge in [-0.15, -0.1) is 6.58 Å². The summed E-state index contributed by atoms with van der Waals surface area (Å²) in [6.45, 7) is 3.42. The van der Waals surface area contributed by atoms with Crippen molar-refractivity contribution in [2.75, 3.05) is 6.61 Å². The highest BCUT2D eigenvalue weighted by Gasteiger charge is 2.47. The van der Waals surface area contributed by atoms with Gasteiger partial charge >= 0.3 is 18.2 Å². The molecular formula is C24H23F3N2O5. The second-order valence-electron chi connectivity index (χ2n) is 7.71. The van der Waals surface area contributed by atoms with Crippen molar-refractivity contribution in [2.45, 2.75) is 37.0 Å². The summed E-state index contributed by atoms with van der Waals surface area (Å²) in [5.74, 6) is -3.80. The van der Waals surface area contributed by atoms with Crippen LogP contribution in [0.25, 0.3) is 11.1 Å². The lowest BCUT2D eigenvalue weighted by Gasteiger charge is -2.22. The maximum atomic E-state index is 12.9. The zero-order valence-electron chi connectivity index (χ0n) is 18.0. The van der Waals surface area contributed by atoms with E-state index >= 15 is 0 Å². The molecule has 0 aromatic heterocycles. The van der Waals surface area contributed by atoms with Crippen molar-refractivity contribution < 1.29 is 37.4 Å². The third kappa shape index (κ3) is 5.56. The van der Waals surface area contributed by atoms with Crippen LogP contribution in [0.15, 0.2) is 61.2 Å². The highest BCUT2D eigenvalue weighted by Crippen LogP contribution is 2.44. The molecule has 180 valence electrons. The van der Waals surface area contributed by atoms with Crippen molar-refractivity contribution >= 4 is 18.0 Å². The molecule has 34 heavy (non-hydrogen) atoms. The summed E-state index contributed by atoms with van der Waals surface area (Å²) in [6, 6.07) is 10.8. The van der Waals surface area contributed by atoms with E-state index in [1.807, 2.05) is 48.5 Å². The molecule has 2 aromatic rings. The Balaban J connectivity index is 1.68. The summed E-state index contributed by atoms with van der Waals surface area (Å²) in [4.78, 5) is 35.7. The van der Waals surface area contributed by atoms with Crippen molar-refractivity contribution in [2.24, 2.45) is 0 Å². The van der Waals surface area contributed by atoms with E-state index in [1.165, 1.54) is 11.4 Å². The normalized spacial score (nSPS) is 14.3. The standard InChI is InChI=1S/C24H23F3N2O5/c1-2-3-12-19(21(30)29-20(22(31)32)24(25,26)27)28-23(33)34-13-18-16-10-6-4-8-14(16)15-9-5-7-11-17(15)18/h2,4-11,18-20H,1,3,12-13H2,(H,28,33)(H,29,30)(H,31,32). The lowest BCUT2D eigenvalue weighted by Crippen LogP contribution is -2.56. The largest absolute Gasteiger partial charge is 0.479 e. The summed E-state index contributed by atoms with van der Waals surface area (Å²) in [5, 5.41) is 12.5. The van der Waals surface area contributed by atoms with Crippen LogP contribution in [0.3, 0.4) is 0 Å². The predicted molar refractivity (Wildman–Crippen MR) is 117 cm³/mol. The van der Waals surface area contributed by atoms with Gasteiger partial charge in [-0.2, -0.15) is 13.2 Å². The van der Waals surface area contributed by atoms with E-state index in [4.69, 9.17) is 9.84 Å². The van der Waals surface area contributed by atoms with Gasteiger partial charge in [-0.05, 0) is 35.1 Å². The number of amides is 2. The van der Waals surface area contributed by atoms with E-state index in [2.05, 4.69) is 11.9 Å². The lowest BCUT2D eigenvalue weighted by molar-refractivity contribution is -0.182. The van der Waals surface area contributed by atoms with Crippen molar-refractivity contribution in [3.05, 3.63) is 72.3 Å². The first kappa shape index (κ1) is 24.8. The van der Waals surface area contributed by atoms with Gasteiger partial charge in [0.05, 0.1) is 0 Å². The lowest BCUT2D eigenvalue weighted by atomic mass is 9.98. The summed E-state index contributed by atoms with van der Waals surface area (Å²) >= 11 is 0. The van der Waals surface area contributed by atoms with E-state index < -0.39 is 36.2 Å². The van der Waals surface area contributed by atoms with Crippen LogP contribution < -0.4 is 10.6 Å². The minimum atomic E-state index is -5.20. The molecule has 0 saturated carbocycles. The molecule has 2 unspecified atom stereocenters. The average molecular weight is 476 g/mol. The number of ether oxygens (including phenoxy) is 1. The van der Waals surface area contributed by atoms with Gasteiger partial charge in [0, 0.05) is 5.92 Å². The van der Waals surface area contributed by atoms with Crippen molar-refractivity contribution in [3.8, 4) is 11.1 Å². The highest BCUT2D eigenvalue weighted by atomic mass is 19.4. The molecule has 1 aliphatic carbocycles. The second-order valence-corrected chi connectivity index (χ2v) is 7.71. The third-order valence-corrected chi connectivity index (χ3v) is 5.47. The van der Waals surface area contributed by atoms with Crippen LogP contribution in [0, 0.1) is 0 Å². The Morgan fingerprint density at radius 3 is 2.09 bits per heavy atom. The SMILES string of the molecule is C=CCCC(NC(=O)OCC1c2ccccc2-c2ccccc21)C(=O)NC(C(=O)O)C(F)(F)F. The fourth-order valence-electron chi connectivity index (χ4n) is 3.86. The van der Waals surface area contributed by atoms with Crippen LogP contribution in [-0.4, -0.2) is 47.9 Å². The minimum absolute atomic E-state index is 0.0596. The molecule has 3 N–H and O–H groups in total. The number of aliphatic carboxylic acids is 1. The van der Waals surface area contributed by atoms with Crippen LogP contribution in [0.4, 0.5) is 18.0 Å². The number of carboxylic acids is 1.